The highest BCUT2D eigenvalue weighted by Gasteiger charge is 2.26. The van der Waals surface area contributed by atoms with Gasteiger partial charge in [-0.05, 0) is 33.6 Å². The first-order valence-electron chi connectivity index (χ1n) is 5.32. The van der Waals surface area contributed by atoms with E-state index in [4.69, 9.17) is 5.11 Å². The van der Waals surface area contributed by atoms with Crippen LogP contribution in [0.4, 0.5) is 0 Å². The molecule has 15 heavy (non-hydrogen) atoms. The van der Waals surface area contributed by atoms with Crippen LogP contribution in [-0.4, -0.2) is 33.1 Å². The van der Waals surface area contributed by atoms with Gasteiger partial charge in [0.25, 0.3) is 0 Å². The normalized spacial score (nSPS) is 15.3. The summed E-state index contributed by atoms with van der Waals surface area (Å²) in [4.78, 5) is 0. The lowest BCUT2D eigenvalue weighted by molar-refractivity contribution is -0.00422. The van der Waals surface area contributed by atoms with Crippen LogP contribution in [0.5, 0.6) is 0 Å². The highest BCUT2D eigenvalue weighted by Crippen LogP contribution is 2.18. The topological polar surface area (TPSA) is 60.7 Å². The predicted molar refractivity (Wildman–Crippen MR) is 60.3 cm³/mol. The van der Waals surface area contributed by atoms with Gasteiger partial charge in [0.1, 0.15) is 5.60 Å². The van der Waals surface area contributed by atoms with Gasteiger partial charge in [-0.1, -0.05) is 5.92 Å². The van der Waals surface area contributed by atoms with Gasteiger partial charge in [0.2, 0.25) is 0 Å². The molecule has 0 aliphatic carbocycles. The molecule has 88 valence electrons. The fraction of sp³-hybridized carbons (Fsp3) is 0.833. The van der Waals surface area contributed by atoms with E-state index in [1.54, 1.807) is 20.8 Å². The highest BCUT2D eigenvalue weighted by molar-refractivity contribution is 5.13. The smallest absolute Gasteiger partial charge is 0.125 e. The van der Waals surface area contributed by atoms with Gasteiger partial charge in [-0.15, -0.1) is 5.92 Å². The zero-order chi connectivity index (χ0) is 11.9. The maximum atomic E-state index is 9.82. The first-order chi connectivity index (χ1) is 6.77. The minimum absolute atomic E-state index is 0.182. The Balaban J connectivity index is 4.01. The fourth-order valence-electron chi connectivity index (χ4n) is 1.46. The van der Waals surface area contributed by atoms with Crippen molar-refractivity contribution < 1.29 is 15.3 Å². The zero-order valence-electron chi connectivity index (χ0n) is 9.88. The molecular weight excluding hydrogens is 192 g/mol. The zero-order valence-corrected chi connectivity index (χ0v) is 9.88. The summed E-state index contributed by atoms with van der Waals surface area (Å²) in [6.45, 7) is 5.08. The molecule has 0 bridgehead atoms. The first-order valence-corrected chi connectivity index (χ1v) is 5.32. The molecule has 0 radical (unpaired) electrons. The molecule has 0 aromatic heterocycles. The van der Waals surface area contributed by atoms with Gasteiger partial charge < -0.3 is 15.3 Å². The summed E-state index contributed by atoms with van der Waals surface area (Å²) in [6.07, 6.45) is 2.47. The van der Waals surface area contributed by atoms with Gasteiger partial charge >= 0.3 is 0 Å². The van der Waals surface area contributed by atoms with E-state index in [-0.39, 0.29) is 13.0 Å². The lowest BCUT2D eigenvalue weighted by Crippen LogP contribution is -2.34. The second-order valence-electron chi connectivity index (χ2n) is 4.75. The summed E-state index contributed by atoms with van der Waals surface area (Å²) < 4.78 is 0. The summed E-state index contributed by atoms with van der Waals surface area (Å²) in [5.74, 6) is 5.60. The van der Waals surface area contributed by atoms with Crippen LogP contribution in [0.2, 0.25) is 0 Å². The monoisotopic (exact) mass is 214 g/mol. The summed E-state index contributed by atoms with van der Waals surface area (Å²) in [5, 5.41) is 27.9. The maximum Gasteiger partial charge on any atom is 0.125 e. The Morgan fingerprint density at radius 2 is 1.67 bits per heavy atom. The number of hydrogen-bond donors (Lipinski definition) is 3. The Labute approximate surface area is 92.1 Å². The molecule has 3 heteroatoms. The Hall–Kier alpha value is -0.560. The fourth-order valence-corrected chi connectivity index (χ4v) is 1.46. The molecule has 3 N–H and O–H groups in total. The Morgan fingerprint density at radius 3 is 2.13 bits per heavy atom. The number of hydrogen-bond acceptors (Lipinski definition) is 3. The number of aliphatic hydroxyl groups is 3. The quantitative estimate of drug-likeness (QED) is 0.474. The van der Waals surface area contributed by atoms with Gasteiger partial charge in [0.15, 0.2) is 0 Å². The van der Waals surface area contributed by atoms with E-state index in [1.165, 1.54) is 0 Å². The molecule has 0 fully saturated rings. The van der Waals surface area contributed by atoms with Crippen LogP contribution in [0.1, 0.15) is 46.5 Å². The maximum absolute atomic E-state index is 9.82. The third-order valence-electron chi connectivity index (χ3n) is 1.84. The van der Waals surface area contributed by atoms with E-state index in [0.717, 1.165) is 12.8 Å². The first kappa shape index (κ1) is 14.4. The van der Waals surface area contributed by atoms with Crippen molar-refractivity contribution in [2.75, 3.05) is 6.61 Å². The van der Waals surface area contributed by atoms with Crippen LogP contribution in [0.3, 0.4) is 0 Å². The van der Waals surface area contributed by atoms with Gasteiger partial charge in [0.05, 0.1) is 5.60 Å². The largest absolute Gasteiger partial charge is 0.396 e. The molecule has 0 aromatic carbocycles. The van der Waals surface area contributed by atoms with Crippen LogP contribution in [-0.2, 0) is 0 Å². The van der Waals surface area contributed by atoms with Crippen molar-refractivity contribution in [3.05, 3.63) is 0 Å². The SMILES string of the molecule is CC(C)(O)CC(C)(O)C#CCCCCO. The van der Waals surface area contributed by atoms with Crippen LogP contribution in [0.25, 0.3) is 0 Å². The molecule has 1 atom stereocenters. The van der Waals surface area contributed by atoms with Gasteiger partial charge in [0, 0.05) is 19.4 Å². The Kier molecular flexibility index (Phi) is 5.89. The number of rotatable bonds is 5. The van der Waals surface area contributed by atoms with Crippen molar-refractivity contribution in [2.24, 2.45) is 0 Å². The van der Waals surface area contributed by atoms with Gasteiger partial charge in [-0.2, -0.15) is 0 Å². The minimum atomic E-state index is -1.14. The van der Waals surface area contributed by atoms with E-state index in [0.29, 0.717) is 6.42 Å². The second-order valence-corrected chi connectivity index (χ2v) is 4.75. The average Bonchev–Trinajstić information content (AvgIpc) is 1.99. The van der Waals surface area contributed by atoms with Crippen molar-refractivity contribution in [3.63, 3.8) is 0 Å². The molecule has 1 unspecified atom stereocenters. The molecule has 0 aliphatic heterocycles. The van der Waals surface area contributed by atoms with Crippen molar-refractivity contribution in [3.8, 4) is 11.8 Å². The Morgan fingerprint density at radius 1 is 1.07 bits per heavy atom. The van der Waals surface area contributed by atoms with Crippen molar-refractivity contribution in [1.82, 2.24) is 0 Å². The van der Waals surface area contributed by atoms with E-state index in [9.17, 15) is 10.2 Å². The molecule has 0 heterocycles. The molecule has 0 rings (SSSR count). The van der Waals surface area contributed by atoms with Crippen molar-refractivity contribution in [2.45, 2.75) is 57.7 Å². The van der Waals surface area contributed by atoms with Crippen molar-refractivity contribution >= 4 is 0 Å². The third kappa shape index (κ3) is 9.74. The molecule has 0 amide bonds. The molecule has 0 aromatic rings. The van der Waals surface area contributed by atoms with Gasteiger partial charge in [-0.3, -0.25) is 0 Å². The molecular formula is C12H22O3. The average molecular weight is 214 g/mol. The summed E-state index contributed by atoms with van der Waals surface area (Å²) in [7, 11) is 0. The van der Waals surface area contributed by atoms with Crippen LogP contribution < -0.4 is 0 Å². The summed E-state index contributed by atoms with van der Waals surface area (Å²) in [6, 6.07) is 0. The van der Waals surface area contributed by atoms with E-state index in [2.05, 4.69) is 11.8 Å². The van der Waals surface area contributed by atoms with E-state index >= 15 is 0 Å². The lowest BCUT2D eigenvalue weighted by atomic mass is 9.91. The number of aliphatic hydroxyl groups excluding tert-OH is 1. The Bertz CT molecular complexity index is 227. The molecule has 0 saturated carbocycles. The van der Waals surface area contributed by atoms with E-state index < -0.39 is 11.2 Å². The van der Waals surface area contributed by atoms with E-state index in [1.807, 2.05) is 0 Å². The number of unbranched alkanes of at least 4 members (excludes halogenated alkanes) is 2. The van der Waals surface area contributed by atoms with Crippen LogP contribution in [0, 0.1) is 11.8 Å². The summed E-state index contributed by atoms with van der Waals surface area (Å²) in [5.41, 5.74) is -2.05. The highest BCUT2D eigenvalue weighted by atomic mass is 16.3. The second kappa shape index (κ2) is 6.12. The molecule has 0 saturated heterocycles. The van der Waals surface area contributed by atoms with Crippen molar-refractivity contribution in [1.29, 1.82) is 0 Å². The summed E-state index contributed by atoms with van der Waals surface area (Å²) >= 11 is 0. The van der Waals surface area contributed by atoms with Crippen LogP contribution in [0.15, 0.2) is 0 Å². The minimum Gasteiger partial charge on any atom is -0.396 e. The molecule has 0 aliphatic rings. The van der Waals surface area contributed by atoms with Gasteiger partial charge in [-0.25, -0.2) is 0 Å². The lowest BCUT2D eigenvalue weighted by Gasteiger charge is -2.25. The third-order valence-corrected chi connectivity index (χ3v) is 1.84. The van der Waals surface area contributed by atoms with Crippen LogP contribution >= 0.6 is 0 Å². The molecule has 3 nitrogen and oxygen atoms in total. The molecule has 0 spiro atoms. The predicted octanol–water partition coefficient (Wildman–Crippen LogP) is 1.06. The standard InChI is InChI=1S/C12H22O3/c1-11(2,14)10-12(3,15)8-6-4-5-7-9-13/h13-15H,4-5,7,9-10H2,1-3H3.